The maximum absolute atomic E-state index is 11.6. The fraction of sp³-hybridized carbons (Fsp3) is 0.333. The predicted octanol–water partition coefficient (Wildman–Crippen LogP) is 0.640. The number of carbonyl (C=O) groups excluding carboxylic acids is 1. The first-order chi connectivity index (χ1) is 9.37. The first-order valence-electron chi connectivity index (χ1n) is 6.00. The molecule has 1 aliphatic heterocycles. The van der Waals surface area contributed by atoms with Crippen LogP contribution in [0.2, 0.25) is 0 Å². The highest BCUT2D eigenvalue weighted by Crippen LogP contribution is 2.24. The van der Waals surface area contributed by atoms with Crippen LogP contribution in [0.1, 0.15) is 12.8 Å². The Morgan fingerprint density at radius 1 is 1.40 bits per heavy atom. The van der Waals surface area contributed by atoms with Crippen LogP contribution in [0.3, 0.4) is 0 Å². The standard InChI is InChI=1S/C12H14N2O5S/c15-11-5-2-6-14(11)10-4-1-3-9(7-10)13-20(18,19)8-12(16)17/h1,3-4,7,13H,2,5-6,8H2,(H,16,17). The van der Waals surface area contributed by atoms with Crippen LogP contribution in [0, 0.1) is 0 Å². The summed E-state index contributed by atoms with van der Waals surface area (Å²) in [5, 5.41) is 8.52. The van der Waals surface area contributed by atoms with Crippen LogP contribution in [0.15, 0.2) is 24.3 Å². The SMILES string of the molecule is O=C(O)CS(=O)(=O)Nc1cccc(N2CCCC2=O)c1. The Balaban J connectivity index is 2.18. The van der Waals surface area contributed by atoms with Gasteiger partial charge in [0, 0.05) is 18.7 Å². The lowest BCUT2D eigenvalue weighted by atomic mass is 10.2. The van der Waals surface area contributed by atoms with E-state index in [2.05, 4.69) is 4.72 Å². The van der Waals surface area contributed by atoms with E-state index in [1.54, 1.807) is 17.0 Å². The van der Waals surface area contributed by atoms with Gasteiger partial charge in [-0.1, -0.05) is 6.07 Å². The van der Waals surface area contributed by atoms with E-state index >= 15 is 0 Å². The molecule has 108 valence electrons. The van der Waals surface area contributed by atoms with Gasteiger partial charge in [-0.2, -0.15) is 0 Å². The largest absolute Gasteiger partial charge is 0.480 e. The molecule has 0 spiro atoms. The van der Waals surface area contributed by atoms with Crippen molar-refractivity contribution in [2.24, 2.45) is 0 Å². The van der Waals surface area contributed by atoms with Gasteiger partial charge in [-0.15, -0.1) is 0 Å². The number of nitrogens with one attached hydrogen (secondary N) is 1. The summed E-state index contributed by atoms with van der Waals surface area (Å²) in [6.45, 7) is 0.601. The molecule has 7 nitrogen and oxygen atoms in total. The lowest BCUT2D eigenvalue weighted by Gasteiger charge is -2.16. The van der Waals surface area contributed by atoms with Gasteiger partial charge >= 0.3 is 5.97 Å². The van der Waals surface area contributed by atoms with Crippen molar-refractivity contribution in [2.45, 2.75) is 12.8 Å². The number of nitrogens with zero attached hydrogens (tertiary/aromatic N) is 1. The highest BCUT2D eigenvalue weighted by Gasteiger charge is 2.22. The molecule has 1 saturated heterocycles. The number of carboxylic acids is 1. The zero-order valence-corrected chi connectivity index (χ0v) is 11.4. The van der Waals surface area contributed by atoms with Crippen LogP contribution in [-0.2, 0) is 19.6 Å². The zero-order valence-electron chi connectivity index (χ0n) is 10.6. The van der Waals surface area contributed by atoms with E-state index in [0.717, 1.165) is 6.42 Å². The van der Waals surface area contributed by atoms with E-state index in [-0.39, 0.29) is 11.6 Å². The Kier molecular flexibility index (Phi) is 3.93. The lowest BCUT2D eigenvalue weighted by molar-refractivity contribution is -0.134. The van der Waals surface area contributed by atoms with Gasteiger partial charge in [0.15, 0.2) is 5.75 Å². The van der Waals surface area contributed by atoms with E-state index in [1.807, 2.05) is 0 Å². The van der Waals surface area contributed by atoms with Crippen LogP contribution < -0.4 is 9.62 Å². The minimum Gasteiger partial charge on any atom is -0.480 e. The van der Waals surface area contributed by atoms with Crippen LogP contribution >= 0.6 is 0 Å². The molecule has 20 heavy (non-hydrogen) atoms. The van der Waals surface area contributed by atoms with Gasteiger partial charge in [0.1, 0.15) is 0 Å². The van der Waals surface area contributed by atoms with Gasteiger partial charge in [-0.25, -0.2) is 8.42 Å². The third kappa shape index (κ3) is 3.47. The van der Waals surface area contributed by atoms with Crippen molar-refractivity contribution in [3.8, 4) is 0 Å². The number of hydrogen-bond acceptors (Lipinski definition) is 4. The van der Waals surface area contributed by atoms with Crippen molar-refractivity contribution in [3.05, 3.63) is 24.3 Å². The fourth-order valence-corrected chi connectivity index (χ4v) is 2.92. The minimum atomic E-state index is -3.94. The van der Waals surface area contributed by atoms with Crippen molar-refractivity contribution >= 4 is 33.3 Å². The number of aliphatic carboxylic acids is 1. The summed E-state index contributed by atoms with van der Waals surface area (Å²) < 4.78 is 25.3. The minimum absolute atomic E-state index is 0.00413. The average molecular weight is 298 g/mol. The van der Waals surface area contributed by atoms with E-state index in [4.69, 9.17) is 5.11 Å². The topological polar surface area (TPSA) is 104 Å². The van der Waals surface area contributed by atoms with Crippen LogP contribution in [0.4, 0.5) is 11.4 Å². The third-order valence-corrected chi connectivity index (χ3v) is 3.99. The van der Waals surface area contributed by atoms with Gasteiger partial charge in [-0.3, -0.25) is 14.3 Å². The molecular weight excluding hydrogens is 284 g/mol. The van der Waals surface area contributed by atoms with Crippen molar-refractivity contribution in [3.63, 3.8) is 0 Å². The summed E-state index contributed by atoms with van der Waals surface area (Å²) in [5.74, 6) is -2.43. The van der Waals surface area contributed by atoms with E-state index in [0.29, 0.717) is 18.7 Å². The Bertz CT molecular complexity index is 641. The van der Waals surface area contributed by atoms with Crippen LogP contribution in [-0.4, -0.2) is 37.7 Å². The molecule has 1 amide bonds. The number of sulfonamides is 1. The van der Waals surface area contributed by atoms with Crippen molar-refractivity contribution in [1.82, 2.24) is 0 Å². The molecule has 1 aromatic carbocycles. The second-order valence-electron chi connectivity index (χ2n) is 4.45. The fourth-order valence-electron chi connectivity index (χ4n) is 2.04. The molecule has 0 aliphatic carbocycles. The summed E-state index contributed by atoms with van der Waals surface area (Å²) in [4.78, 5) is 23.7. The zero-order chi connectivity index (χ0) is 14.8. The average Bonchev–Trinajstić information content (AvgIpc) is 2.73. The molecule has 0 radical (unpaired) electrons. The molecule has 1 fully saturated rings. The normalized spacial score (nSPS) is 15.4. The van der Waals surface area contributed by atoms with Gasteiger partial charge in [0.25, 0.3) is 0 Å². The maximum Gasteiger partial charge on any atom is 0.320 e. The monoisotopic (exact) mass is 298 g/mol. The van der Waals surface area contributed by atoms with Crippen LogP contribution in [0.25, 0.3) is 0 Å². The van der Waals surface area contributed by atoms with Crippen molar-refractivity contribution in [2.75, 3.05) is 21.9 Å². The smallest absolute Gasteiger partial charge is 0.320 e. The van der Waals surface area contributed by atoms with Gasteiger partial charge in [0.2, 0.25) is 15.9 Å². The molecule has 1 aliphatic rings. The van der Waals surface area contributed by atoms with E-state index < -0.39 is 21.7 Å². The number of rotatable bonds is 5. The lowest BCUT2D eigenvalue weighted by Crippen LogP contribution is -2.24. The highest BCUT2D eigenvalue weighted by atomic mass is 32.2. The van der Waals surface area contributed by atoms with Crippen molar-refractivity contribution < 1.29 is 23.1 Å². The van der Waals surface area contributed by atoms with Gasteiger partial charge in [0.05, 0.1) is 5.69 Å². The maximum atomic E-state index is 11.6. The molecule has 0 atom stereocenters. The number of benzene rings is 1. The quantitative estimate of drug-likeness (QED) is 0.830. The highest BCUT2D eigenvalue weighted by molar-refractivity contribution is 7.93. The third-order valence-electron chi connectivity index (χ3n) is 2.82. The molecule has 2 N–H and O–H groups in total. The second-order valence-corrected chi connectivity index (χ2v) is 6.18. The molecule has 1 heterocycles. The summed E-state index contributed by atoms with van der Waals surface area (Å²) >= 11 is 0. The summed E-state index contributed by atoms with van der Waals surface area (Å²) in [6.07, 6.45) is 1.25. The Labute approximate surface area is 116 Å². The van der Waals surface area contributed by atoms with E-state index in [9.17, 15) is 18.0 Å². The molecule has 0 bridgehead atoms. The molecule has 8 heteroatoms. The number of hydrogen-bond donors (Lipinski definition) is 2. The predicted molar refractivity (Wildman–Crippen MR) is 73.1 cm³/mol. The van der Waals surface area contributed by atoms with Crippen molar-refractivity contribution in [1.29, 1.82) is 0 Å². The van der Waals surface area contributed by atoms with Crippen LogP contribution in [0.5, 0.6) is 0 Å². The molecule has 0 unspecified atom stereocenters. The summed E-state index contributed by atoms with van der Waals surface area (Å²) in [6, 6.07) is 6.34. The summed E-state index contributed by atoms with van der Waals surface area (Å²) in [5.41, 5.74) is 0.839. The van der Waals surface area contributed by atoms with Gasteiger partial charge < -0.3 is 10.0 Å². The number of carboxylic acid groups (broad SMARTS) is 1. The summed E-state index contributed by atoms with van der Waals surface area (Å²) in [7, 11) is -3.94. The molecule has 0 saturated carbocycles. The first-order valence-corrected chi connectivity index (χ1v) is 7.65. The first kappa shape index (κ1) is 14.3. The molecular formula is C12H14N2O5S. The molecule has 1 aromatic rings. The van der Waals surface area contributed by atoms with E-state index in [1.165, 1.54) is 12.1 Å². The van der Waals surface area contributed by atoms with Gasteiger partial charge in [-0.05, 0) is 24.6 Å². The number of amides is 1. The Morgan fingerprint density at radius 3 is 2.75 bits per heavy atom. The number of anilines is 2. The molecule has 2 rings (SSSR count). The Morgan fingerprint density at radius 2 is 2.15 bits per heavy atom. The number of carbonyl (C=O) groups is 2. The molecule has 0 aromatic heterocycles. The Hall–Kier alpha value is -2.09. The second kappa shape index (κ2) is 5.49.